The van der Waals surface area contributed by atoms with Crippen molar-refractivity contribution in [2.24, 2.45) is 7.05 Å². The lowest BCUT2D eigenvalue weighted by Crippen LogP contribution is -2.16. The van der Waals surface area contributed by atoms with Crippen molar-refractivity contribution in [2.75, 3.05) is 5.32 Å². The van der Waals surface area contributed by atoms with E-state index in [0.29, 0.717) is 10.8 Å². The zero-order valence-corrected chi connectivity index (χ0v) is 14.7. The monoisotopic (exact) mass is 360 g/mol. The summed E-state index contributed by atoms with van der Waals surface area (Å²) < 4.78 is 3.15. The van der Waals surface area contributed by atoms with E-state index < -0.39 is 11.9 Å². The summed E-state index contributed by atoms with van der Waals surface area (Å²) in [5, 5.41) is 22.1. The van der Waals surface area contributed by atoms with E-state index in [9.17, 15) is 9.59 Å². The highest BCUT2D eigenvalue weighted by Crippen LogP contribution is 2.27. The minimum absolute atomic E-state index is 0.151. The highest BCUT2D eigenvalue weighted by atomic mass is 32.1. The number of nitrogens with zero attached hydrogens (tertiary/aromatic N) is 5. The van der Waals surface area contributed by atoms with Crippen LogP contribution in [0.15, 0.2) is 17.8 Å². The second-order valence-corrected chi connectivity index (χ2v) is 6.18. The summed E-state index contributed by atoms with van der Waals surface area (Å²) >= 11 is 1.25. The molecule has 3 aromatic rings. The van der Waals surface area contributed by atoms with Gasteiger partial charge >= 0.3 is 5.97 Å². The van der Waals surface area contributed by atoms with Crippen LogP contribution in [0.1, 0.15) is 33.5 Å². The Labute approximate surface area is 146 Å². The Morgan fingerprint density at radius 3 is 2.80 bits per heavy atom. The van der Waals surface area contributed by atoms with Gasteiger partial charge in [0.2, 0.25) is 0 Å². The average Bonchev–Trinajstić information content (AvgIpc) is 3.25. The highest BCUT2D eigenvalue weighted by Gasteiger charge is 2.22. The van der Waals surface area contributed by atoms with E-state index in [2.05, 4.69) is 20.5 Å². The molecule has 3 heterocycles. The summed E-state index contributed by atoms with van der Waals surface area (Å²) in [6.45, 7) is 4.72. The number of rotatable bonds is 5. The Hall–Kier alpha value is -3.01. The van der Waals surface area contributed by atoms with E-state index in [1.54, 1.807) is 13.2 Å². The van der Waals surface area contributed by atoms with Crippen molar-refractivity contribution in [1.82, 2.24) is 24.5 Å². The van der Waals surface area contributed by atoms with Crippen LogP contribution >= 0.6 is 11.3 Å². The normalized spacial score (nSPS) is 10.8. The van der Waals surface area contributed by atoms with E-state index >= 15 is 0 Å². The van der Waals surface area contributed by atoms with Crippen molar-refractivity contribution in [3.05, 3.63) is 34.7 Å². The molecule has 0 spiro atoms. The van der Waals surface area contributed by atoms with Crippen LogP contribution in [0.5, 0.6) is 0 Å². The van der Waals surface area contributed by atoms with Crippen LogP contribution in [-0.4, -0.2) is 41.5 Å². The molecule has 9 nitrogen and oxygen atoms in total. The lowest BCUT2D eigenvalue weighted by molar-refractivity contribution is 0.0692. The molecule has 10 heteroatoms. The number of aromatic carboxylic acids is 1. The number of thiazole rings is 1. The van der Waals surface area contributed by atoms with Gasteiger partial charge in [0.05, 0.1) is 11.9 Å². The minimum Gasteiger partial charge on any atom is -0.478 e. The van der Waals surface area contributed by atoms with Crippen LogP contribution in [-0.2, 0) is 13.6 Å². The van der Waals surface area contributed by atoms with Gasteiger partial charge in [-0.3, -0.25) is 19.5 Å². The number of carboxylic acids is 1. The Balaban J connectivity index is 1.83. The number of carbonyl (C=O) groups is 2. The summed E-state index contributed by atoms with van der Waals surface area (Å²) in [6.07, 6.45) is 3.02. The number of hydrogen-bond acceptors (Lipinski definition) is 6. The van der Waals surface area contributed by atoms with E-state index in [1.807, 2.05) is 23.9 Å². The lowest BCUT2D eigenvalue weighted by atomic mass is 10.2. The number of carbonyl (C=O) groups excluding carboxylic acids is 1. The molecule has 0 aromatic carbocycles. The van der Waals surface area contributed by atoms with Gasteiger partial charge < -0.3 is 5.11 Å². The molecule has 1 amide bonds. The molecule has 3 aromatic heterocycles. The summed E-state index contributed by atoms with van der Waals surface area (Å²) in [7, 11) is 1.55. The molecule has 0 atom stereocenters. The molecule has 25 heavy (non-hydrogen) atoms. The van der Waals surface area contributed by atoms with E-state index in [0.717, 1.165) is 17.8 Å². The van der Waals surface area contributed by atoms with Crippen LogP contribution in [0.25, 0.3) is 11.3 Å². The second-order valence-electron chi connectivity index (χ2n) is 5.32. The number of carboxylic acid groups (broad SMARTS) is 1. The summed E-state index contributed by atoms with van der Waals surface area (Å²) in [5.74, 6) is -1.82. The number of anilines is 1. The maximum atomic E-state index is 12.3. The van der Waals surface area contributed by atoms with E-state index in [-0.39, 0.29) is 11.3 Å². The number of aryl methyl sites for hydroxylation is 2. The van der Waals surface area contributed by atoms with Crippen molar-refractivity contribution >= 4 is 28.3 Å². The van der Waals surface area contributed by atoms with Crippen LogP contribution in [0.4, 0.5) is 5.13 Å². The molecule has 0 aliphatic carbocycles. The van der Waals surface area contributed by atoms with Crippen LogP contribution in [0.2, 0.25) is 0 Å². The Kier molecular flexibility index (Phi) is 4.36. The summed E-state index contributed by atoms with van der Waals surface area (Å²) in [4.78, 5) is 27.9. The third kappa shape index (κ3) is 3.15. The fraction of sp³-hybridized carbons (Fsp3) is 0.267. The molecule has 0 saturated carbocycles. The number of aromatic nitrogens is 5. The molecule has 0 radical (unpaired) electrons. The molecule has 0 aliphatic heterocycles. The SMILES string of the molecule is CCn1ncc(-c2csc(NC(=O)c3nn(C)cc3C(=O)O)n2)c1C. The van der Waals surface area contributed by atoms with Gasteiger partial charge in [0.25, 0.3) is 5.91 Å². The Morgan fingerprint density at radius 2 is 2.16 bits per heavy atom. The van der Waals surface area contributed by atoms with E-state index in [1.165, 1.54) is 22.2 Å². The smallest absolute Gasteiger partial charge is 0.339 e. The first-order valence-corrected chi connectivity index (χ1v) is 8.35. The van der Waals surface area contributed by atoms with Gasteiger partial charge in [-0.1, -0.05) is 0 Å². The molecular formula is C15H16N6O3S. The molecule has 0 aliphatic rings. The molecule has 0 fully saturated rings. The molecular weight excluding hydrogens is 344 g/mol. The van der Waals surface area contributed by atoms with Gasteiger partial charge in [-0.05, 0) is 13.8 Å². The van der Waals surface area contributed by atoms with Crippen molar-refractivity contribution in [3.8, 4) is 11.3 Å². The van der Waals surface area contributed by atoms with Gasteiger partial charge in [0.1, 0.15) is 5.56 Å². The van der Waals surface area contributed by atoms with Gasteiger partial charge in [-0.25, -0.2) is 9.78 Å². The summed E-state index contributed by atoms with van der Waals surface area (Å²) in [6, 6.07) is 0. The van der Waals surface area contributed by atoms with Gasteiger partial charge in [0.15, 0.2) is 10.8 Å². The van der Waals surface area contributed by atoms with Crippen LogP contribution in [0, 0.1) is 6.92 Å². The van der Waals surface area contributed by atoms with Crippen LogP contribution in [0.3, 0.4) is 0 Å². The van der Waals surface area contributed by atoms with Gasteiger partial charge in [-0.15, -0.1) is 11.3 Å². The second kappa shape index (κ2) is 6.48. The van der Waals surface area contributed by atoms with Crippen molar-refractivity contribution in [2.45, 2.75) is 20.4 Å². The van der Waals surface area contributed by atoms with E-state index in [4.69, 9.17) is 5.11 Å². The predicted molar refractivity (Wildman–Crippen MR) is 91.9 cm³/mol. The fourth-order valence-electron chi connectivity index (χ4n) is 2.44. The average molecular weight is 360 g/mol. The number of nitrogens with one attached hydrogen (secondary N) is 1. The van der Waals surface area contributed by atoms with Crippen LogP contribution < -0.4 is 5.32 Å². The first-order valence-electron chi connectivity index (χ1n) is 7.47. The van der Waals surface area contributed by atoms with Crippen molar-refractivity contribution in [3.63, 3.8) is 0 Å². The molecule has 3 rings (SSSR count). The maximum Gasteiger partial charge on any atom is 0.339 e. The maximum absolute atomic E-state index is 12.3. The Bertz CT molecular complexity index is 955. The standard InChI is InChI=1S/C15H16N6O3S/c1-4-21-8(2)9(5-16-21)11-7-25-15(17-11)18-13(22)12-10(14(23)24)6-20(3)19-12/h5-7H,4H2,1-3H3,(H,23,24)(H,17,18,22). The molecule has 130 valence electrons. The molecule has 0 bridgehead atoms. The van der Waals surface area contributed by atoms with Gasteiger partial charge in [0, 0.05) is 36.4 Å². The first kappa shape index (κ1) is 16.8. The molecule has 2 N–H and O–H groups in total. The number of amides is 1. The molecule has 0 saturated heterocycles. The predicted octanol–water partition coefficient (Wildman–Crippen LogP) is 2.02. The number of hydrogen-bond donors (Lipinski definition) is 2. The summed E-state index contributed by atoms with van der Waals surface area (Å²) in [5.41, 5.74) is 2.28. The highest BCUT2D eigenvalue weighted by molar-refractivity contribution is 7.14. The third-order valence-electron chi connectivity index (χ3n) is 3.68. The van der Waals surface area contributed by atoms with Gasteiger partial charge in [-0.2, -0.15) is 10.2 Å². The Morgan fingerprint density at radius 1 is 1.40 bits per heavy atom. The fourth-order valence-corrected chi connectivity index (χ4v) is 3.15. The zero-order valence-electron chi connectivity index (χ0n) is 13.8. The topological polar surface area (TPSA) is 115 Å². The van der Waals surface area contributed by atoms with Crippen molar-refractivity contribution in [1.29, 1.82) is 0 Å². The zero-order chi connectivity index (χ0) is 18.1. The minimum atomic E-state index is -1.21. The third-order valence-corrected chi connectivity index (χ3v) is 4.44. The van der Waals surface area contributed by atoms with Crippen molar-refractivity contribution < 1.29 is 14.7 Å². The quantitative estimate of drug-likeness (QED) is 0.719. The first-order chi connectivity index (χ1) is 11.9. The largest absolute Gasteiger partial charge is 0.478 e. The molecule has 0 unspecified atom stereocenters. The lowest BCUT2D eigenvalue weighted by Gasteiger charge is -2.00.